The molecule has 0 spiro atoms. The Morgan fingerprint density at radius 1 is 1.11 bits per heavy atom. The van der Waals surface area contributed by atoms with Gasteiger partial charge in [0.05, 0.1) is 27.2 Å². The number of H-pyrrole nitrogens is 1. The van der Waals surface area contributed by atoms with Gasteiger partial charge in [-0.15, -0.1) is 5.10 Å². The quantitative estimate of drug-likeness (QED) is 0.564. The van der Waals surface area contributed by atoms with Crippen molar-refractivity contribution in [3.63, 3.8) is 0 Å². The lowest BCUT2D eigenvalue weighted by molar-refractivity contribution is 0.378. The molecule has 3 aromatic rings. The predicted molar refractivity (Wildman–Crippen MR) is 105 cm³/mol. The number of rotatable bonds is 2. The molecule has 140 valence electrons. The van der Waals surface area contributed by atoms with Crippen molar-refractivity contribution in [3.8, 4) is 23.2 Å². The van der Waals surface area contributed by atoms with E-state index in [4.69, 9.17) is 45.3 Å². The summed E-state index contributed by atoms with van der Waals surface area (Å²) in [5.41, 5.74) is 7.58. The first-order chi connectivity index (χ1) is 13.4. The highest BCUT2D eigenvalue weighted by molar-refractivity contribution is 6.42. The number of aromatic nitrogens is 2. The van der Waals surface area contributed by atoms with Gasteiger partial charge < -0.3 is 10.5 Å². The Morgan fingerprint density at radius 2 is 1.89 bits per heavy atom. The third kappa shape index (κ3) is 2.89. The molecule has 1 aromatic heterocycles. The number of nitrogens with two attached hydrogens (primary N) is 1. The smallest absolute Gasteiger partial charge is 0.244 e. The van der Waals surface area contributed by atoms with Crippen molar-refractivity contribution in [1.82, 2.24) is 10.2 Å². The van der Waals surface area contributed by atoms with Crippen LogP contribution in [0, 0.1) is 17.1 Å². The van der Waals surface area contributed by atoms with Crippen LogP contribution in [-0.4, -0.2) is 10.2 Å². The van der Waals surface area contributed by atoms with Gasteiger partial charge in [0.2, 0.25) is 11.8 Å². The average molecular weight is 436 g/mol. The third-order valence-electron chi connectivity index (χ3n) is 4.44. The number of halogens is 4. The molecule has 2 aromatic carbocycles. The molecule has 1 unspecified atom stereocenters. The van der Waals surface area contributed by atoms with Crippen LogP contribution in [0.3, 0.4) is 0 Å². The van der Waals surface area contributed by atoms with Crippen LogP contribution >= 0.6 is 34.8 Å². The van der Waals surface area contributed by atoms with E-state index in [1.54, 1.807) is 24.3 Å². The Labute approximate surface area is 174 Å². The Balaban J connectivity index is 2.01. The van der Waals surface area contributed by atoms with E-state index < -0.39 is 11.7 Å². The molecule has 4 rings (SSSR count). The van der Waals surface area contributed by atoms with Crippen LogP contribution in [0.4, 0.5) is 4.39 Å². The first kappa shape index (κ1) is 18.6. The molecule has 2 heterocycles. The molecular formula is C19H10Cl3FN4O. The summed E-state index contributed by atoms with van der Waals surface area (Å²) in [6, 6.07) is 11.3. The van der Waals surface area contributed by atoms with Crippen molar-refractivity contribution in [2.24, 2.45) is 5.73 Å². The maximum absolute atomic E-state index is 14.8. The minimum atomic E-state index is -0.911. The molecule has 1 atom stereocenters. The number of benzene rings is 2. The first-order valence-corrected chi connectivity index (χ1v) is 9.11. The summed E-state index contributed by atoms with van der Waals surface area (Å²) in [6.07, 6.45) is 0. The van der Waals surface area contributed by atoms with Gasteiger partial charge in [0, 0.05) is 16.1 Å². The zero-order chi connectivity index (χ0) is 20.0. The lowest BCUT2D eigenvalue weighted by Gasteiger charge is -2.25. The van der Waals surface area contributed by atoms with Gasteiger partial charge in [-0.05, 0) is 24.3 Å². The molecule has 1 aliphatic rings. The summed E-state index contributed by atoms with van der Waals surface area (Å²) in [6.45, 7) is 0. The number of aromatic amines is 1. The average Bonchev–Trinajstić information content (AvgIpc) is 3.07. The molecule has 5 nitrogen and oxygen atoms in total. The van der Waals surface area contributed by atoms with Crippen LogP contribution in [0.5, 0.6) is 5.88 Å². The molecule has 0 saturated carbocycles. The van der Waals surface area contributed by atoms with E-state index in [0.29, 0.717) is 26.9 Å². The molecule has 0 bridgehead atoms. The van der Waals surface area contributed by atoms with Crippen LogP contribution in [0.25, 0.3) is 11.3 Å². The number of nitrogens with zero attached hydrogens (tertiary/aromatic N) is 2. The maximum atomic E-state index is 14.8. The van der Waals surface area contributed by atoms with Crippen LogP contribution in [0.15, 0.2) is 47.9 Å². The zero-order valence-corrected chi connectivity index (χ0v) is 16.2. The fraction of sp³-hybridized carbons (Fsp3) is 0.0526. The normalized spacial score (nSPS) is 15.8. The minimum absolute atomic E-state index is 0.0298. The fourth-order valence-electron chi connectivity index (χ4n) is 3.19. The van der Waals surface area contributed by atoms with Crippen molar-refractivity contribution >= 4 is 34.8 Å². The van der Waals surface area contributed by atoms with Gasteiger partial charge in [-0.2, -0.15) is 5.26 Å². The molecule has 28 heavy (non-hydrogen) atoms. The van der Waals surface area contributed by atoms with E-state index in [2.05, 4.69) is 10.2 Å². The van der Waals surface area contributed by atoms with E-state index in [1.807, 2.05) is 6.07 Å². The number of allylic oxidation sites excluding steroid dienone is 1. The van der Waals surface area contributed by atoms with Crippen molar-refractivity contribution in [2.75, 3.05) is 0 Å². The molecule has 0 radical (unpaired) electrons. The summed E-state index contributed by atoms with van der Waals surface area (Å²) in [5, 5.41) is 17.5. The second kappa shape index (κ2) is 7.02. The minimum Gasteiger partial charge on any atom is -0.420 e. The largest absolute Gasteiger partial charge is 0.420 e. The maximum Gasteiger partial charge on any atom is 0.244 e. The van der Waals surface area contributed by atoms with Gasteiger partial charge in [-0.1, -0.05) is 46.9 Å². The summed E-state index contributed by atoms with van der Waals surface area (Å²) in [5.74, 6) is -1.52. The topological polar surface area (TPSA) is 87.7 Å². The molecule has 0 aliphatic carbocycles. The zero-order valence-electron chi connectivity index (χ0n) is 13.9. The SMILES string of the molecule is N#CC1=C(N)Oc2n[nH]c(-c3ccc(Cl)c(Cl)c3)c2C1c1c(F)cccc1Cl. The van der Waals surface area contributed by atoms with Crippen molar-refractivity contribution in [3.05, 3.63) is 79.9 Å². The Bertz CT molecular complexity index is 1160. The van der Waals surface area contributed by atoms with E-state index in [0.717, 1.165) is 0 Å². The van der Waals surface area contributed by atoms with E-state index >= 15 is 0 Å². The van der Waals surface area contributed by atoms with Crippen molar-refractivity contribution in [2.45, 2.75) is 5.92 Å². The monoisotopic (exact) mass is 434 g/mol. The van der Waals surface area contributed by atoms with Crippen molar-refractivity contribution < 1.29 is 9.13 Å². The van der Waals surface area contributed by atoms with Gasteiger partial charge in [0.25, 0.3) is 0 Å². The third-order valence-corrected chi connectivity index (χ3v) is 5.50. The summed E-state index contributed by atoms with van der Waals surface area (Å²) < 4.78 is 20.2. The molecule has 0 saturated heterocycles. The molecule has 0 fully saturated rings. The van der Waals surface area contributed by atoms with Gasteiger partial charge in [0.15, 0.2) is 0 Å². The number of hydrogen-bond acceptors (Lipinski definition) is 4. The molecule has 0 amide bonds. The van der Waals surface area contributed by atoms with Crippen LogP contribution in [0.2, 0.25) is 15.1 Å². The van der Waals surface area contributed by atoms with E-state index in [-0.39, 0.29) is 27.9 Å². The number of hydrogen-bond donors (Lipinski definition) is 2. The van der Waals surface area contributed by atoms with E-state index in [1.165, 1.54) is 12.1 Å². The first-order valence-electron chi connectivity index (χ1n) is 7.97. The highest BCUT2D eigenvalue weighted by Crippen LogP contribution is 2.48. The Morgan fingerprint density at radius 3 is 2.57 bits per heavy atom. The molecule has 3 N–H and O–H groups in total. The Kier molecular flexibility index (Phi) is 4.68. The standard InChI is InChI=1S/C19H10Cl3FN4O/c20-10-5-4-8(6-12(10)22)17-16-14(15-11(21)2-1-3-13(15)23)9(7-24)18(25)28-19(16)27-26-17/h1-6,14H,25H2,(H,26,27). The Hall–Kier alpha value is -2.72. The molecule has 1 aliphatic heterocycles. The van der Waals surface area contributed by atoms with Gasteiger partial charge in [-0.3, -0.25) is 5.10 Å². The number of fused-ring (bicyclic) bond motifs is 1. The summed E-state index contributed by atoms with van der Waals surface area (Å²) in [7, 11) is 0. The van der Waals surface area contributed by atoms with E-state index in [9.17, 15) is 9.65 Å². The van der Waals surface area contributed by atoms with Gasteiger partial charge in [-0.25, -0.2) is 4.39 Å². The van der Waals surface area contributed by atoms with Crippen LogP contribution < -0.4 is 10.5 Å². The highest BCUT2D eigenvalue weighted by Gasteiger charge is 2.38. The van der Waals surface area contributed by atoms with Crippen LogP contribution in [-0.2, 0) is 0 Å². The number of nitrogens with one attached hydrogen (secondary N) is 1. The van der Waals surface area contributed by atoms with Gasteiger partial charge >= 0.3 is 0 Å². The highest BCUT2D eigenvalue weighted by atomic mass is 35.5. The second-order valence-electron chi connectivity index (χ2n) is 6.01. The molecular weight excluding hydrogens is 426 g/mol. The fourth-order valence-corrected chi connectivity index (χ4v) is 3.76. The number of nitriles is 1. The summed E-state index contributed by atoms with van der Waals surface area (Å²) in [4.78, 5) is 0. The second-order valence-corrected chi connectivity index (χ2v) is 7.23. The summed E-state index contributed by atoms with van der Waals surface area (Å²) >= 11 is 18.4. The predicted octanol–water partition coefficient (Wildman–Crippen LogP) is 5.39. The van der Waals surface area contributed by atoms with Gasteiger partial charge in [0.1, 0.15) is 17.5 Å². The lowest BCUT2D eigenvalue weighted by Crippen LogP contribution is -2.21. The number of ether oxygens (including phenoxy) is 1. The van der Waals surface area contributed by atoms with Crippen LogP contribution in [0.1, 0.15) is 17.0 Å². The lowest BCUT2D eigenvalue weighted by atomic mass is 9.82. The molecule has 9 heteroatoms. The van der Waals surface area contributed by atoms with Crippen molar-refractivity contribution in [1.29, 1.82) is 5.26 Å².